The predicted molar refractivity (Wildman–Crippen MR) is 94.0 cm³/mol. The van der Waals surface area contributed by atoms with Crippen LogP contribution in [0.3, 0.4) is 0 Å². The van der Waals surface area contributed by atoms with Gasteiger partial charge < -0.3 is 26.0 Å². The highest BCUT2D eigenvalue weighted by Gasteiger charge is 2.38. The average Bonchev–Trinajstić information content (AvgIpc) is 3.30. The molecular formula is C17H27N5O4. The number of carbonyl (C=O) groups excluding carboxylic acids is 2. The molecule has 26 heavy (non-hydrogen) atoms. The van der Waals surface area contributed by atoms with Crippen molar-refractivity contribution in [2.24, 2.45) is 11.7 Å². The predicted octanol–water partition coefficient (Wildman–Crippen LogP) is -0.114. The number of imidazole rings is 1. The van der Waals surface area contributed by atoms with Crippen LogP contribution in [-0.2, 0) is 20.8 Å². The molecule has 1 aliphatic heterocycles. The minimum Gasteiger partial charge on any atom is -0.480 e. The van der Waals surface area contributed by atoms with Gasteiger partial charge in [-0.1, -0.05) is 20.3 Å². The van der Waals surface area contributed by atoms with Gasteiger partial charge in [0.1, 0.15) is 12.1 Å². The maximum Gasteiger partial charge on any atom is 0.326 e. The minimum atomic E-state index is -1.03. The molecule has 1 unspecified atom stereocenters. The number of aromatic amines is 1. The summed E-state index contributed by atoms with van der Waals surface area (Å²) in [5, 5.41) is 12.0. The Bertz CT molecular complexity index is 633. The van der Waals surface area contributed by atoms with Crippen LogP contribution < -0.4 is 11.1 Å². The summed E-state index contributed by atoms with van der Waals surface area (Å²) in [6, 6.07) is -2.48. The maximum atomic E-state index is 13.0. The van der Waals surface area contributed by atoms with Crippen LogP contribution in [0.5, 0.6) is 0 Å². The number of carboxylic acids is 1. The number of hydrogen-bond acceptors (Lipinski definition) is 5. The summed E-state index contributed by atoms with van der Waals surface area (Å²) < 4.78 is 0. The van der Waals surface area contributed by atoms with Gasteiger partial charge in [0.25, 0.3) is 0 Å². The van der Waals surface area contributed by atoms with Crippen molar-refractivity contribution < 1.29 is 19.5 Å². The number of H-pyrrole nitrogens is 1. The molecule has 0 aromatic carbocycles. The molecule has 144 valence electrons. The van der Waals surface area contributed by atoms with E-state index in [1.165, 1.54) is 11.2 Å². The van der Waals surface area contributed by atoms with Gasteiger partial charge in [-0.2, -0.15) is 0 Å². The molecule has 0 bridgehead atoms. The molecule has 9 nitrogen and oxygen atoms in total. The summed E-state index contributed by atoms with van der Waals surface area (Å²) in [6.45, 7) is 4.17. The highest BCUT2D eigenvalue weighted by molar-refractivity contribution is 5.92. The Hall–Kier alpha value is -2.42. The van der Waals surface area contributed by atoms with Crippen molar-refractivity contribution >= 4 is 17.8 Å². The molecule has 1 saturated heterocycles. The molecule has 1 fully saturated rings. The standard InChI is InChI=1S/C17H27N5O4/c1-3-10(2)14(18)15(23)21-12(7-11-8-19-9-20-11)16(24)22-6-4-5-13(22)17(25)26/h8-10,12-14H,3-7,18H2,1-2H3,(H,19,20)(H,21,23)(H,25,26)/t10?,12-,13+,14-/m0/s1. The molecule has 5 N–H and O–H groups in total. The Kier molecular flexibility index (Phi) is 6.73. The van der Waals surface area contributed by atoms with E-state index in [-0.39, 0.29) is 12.3 Å². The molecule has 2 rings (SSSR count). The van der Waals surface area contributed by atoms with Gasteiger partial charge in [0.15, 0.2) is 0 Å². The maximum absolute atomic E-state index is 13.0. The zero-order valence-corrected chi connectivity index (χ0v) is 15.1. The molecule has 1 aromatic rings. The van der Waals surface area contributed by atoms with Crippen molar-refractivity contribution in [1.82, 2.24) is 20.2 Å². The number of rotatable bonds is 8. The molecule has 0 aliphatic carbocycles. The third kappa shape index (κ3) is 4.60. The topological polar surface area (TPSA) is 141 Å². The van der Waals surface area contributed by atoms with E-state index in [2.05, 4.69) is 15.3 Å². The molecule has 0 radical (unpaired) electrons. The highest BCUT2D eigenvalue weighted by Crippen LogP contribution is 2.19. The lowest BCUT2D eigenvalue weighted by Gasteiger charge is -2.28. The number of aliphatic carboxylic acids is 1. The van der Waals surface area contributed by atoms with Crippen molar-refractivity contribution in [2.75, 3.05) is 6.54 Å². The number of nitrogens with two attached hydrogens (primary N) is 1. The number of carboxylic acid groups (broad SMARTS) is 1. The molecule has 9 heteroatoms. The quantitative estimate of drug-likeness (QED) is 0.506. The first-order chi connectivity index (χ1) is 12.3. The van der Waals surface area contributed by atoms with Gasteiger partial charge in [-0.15, -0.1) is 0 Å². The number of nitrogens with one attached hydrogen (secondary N) is 2. The van der Waals surface area contributed by atoms with E-state index in [0.29, 0.717) is 25.1 Å². The lowest BCUT2D eigenvalue weighted by molar-refractivity contribution is -0.149. The summed E-state index contributed by atoms with van der Waals surface area (Å²) in [5.41, 5.74) is 6.64. The second-order valence-electron chi connectivity index (χ2n) is 6.78. The fourth-order valence-corrected chi connectivity index (χ4v) is 3.08. The van der Waals surface area contributed by atoms with Crippen LogP contribution in [0.15, 0.2) is 12.5 Å². The number of carbonyl (C=O) groups is 3. The third-order valence-electron chi connectivity index (χ3n) is 4.97. The Labute approximate surface area is 152 Å². The zero-order chi connectivity index (χ0) is 19.3. The van der Waals surface area contributed by atoms with Gasteiger partial charge in [0.2, 0.25) is 11.8 Å². The summed E-state index contributed by atoms with van der Waals surface area (Å²) in [6.07, 6.45) is 5.03. The first-order valence-electron chi connectivity index (χ1n) is 8.91. The first kappa shape index (κ1) is 19.9. The fourth-order valence-electron chi connectivity index (χ4n) is 3.08. The number of likely N-dealkylation sites (tertiary alicyclic amines) is 1. The second-order valence-corrected chi connectivity index (χ2v) is 6.78. The van der Waals surface area contributed by atoms with Crippen LogP contribution in [-0.4, -0.2) is 62.4 Å². The van der Waals surface area contributed by atoms with E-state index in [0.717, 1.165) is 6.42 Å². The van der Waals surface area contributed by atoms with Crippen LogP contribution in [0.1, 0.15) is 38.8 Å². The third-order valence-corrected chi connectivity index (χ3v) is 4.97. The monoisotopic (exact) mass is 365 g/mol. The molecular weight excluding hydrogens is 338 g/mol. The van der Waals surface area contributed by atoms with E-state index in [4.69, 9.17) is 5.73 Å². The van der Waals surface area contributed by atoms with Crippen molar-refractivity contribution in [3.63, 3.8) is 0 Å². The molecule has 0 spiro atoms. The molecule has 0 saturated carbocycles. The molecule has 2 amide bonds. The minimum absolute atomic E-state index is 0.0311. The zero-order valence-electron chi connectivity index (χ0n) is 15.1. The molecule has 1 aliphatic rings. The van der Waals surface area contributed by atoms with Gasteiger partial charge in [0, 0.05) is 24.9 Å². The van der Waals surface area contributed by atoms with Crippen molar-refractivity contribution in [2.45, 2.75) is 57.7 Å². The molecule has 1 aromatic heterocycles. The van der Waals surface area contributed by atoms with Crippen LogP contribution in [0.2, 0.25) is 0 Å². The van der Waals surface area contributed by atoms with Crippen molar-refractivity contribution in [3.8, 4) is 0 Å². The fraction of sp³-hybridized carbons (Fsp3) is 0.647. The van der Waals surface area contributed by atoms with Crippen molar-refractivity contribution in [1.29, 1.82) is 0 Å². The summed E-state index contributed by atoms with van der Waals surface area (Å²) >= 11 is 0. The van der Waals surface area contributed by atoms with Crippen molar-refractivity contribution in [3.05, 3.63) is 18.2 Å². The van der Waals surface area contributed by atoms with Gasteiger partial charge in [-0.05, 0) is 18.8 Å². The van der Waals surface area contributed by atoms with Crippen LogP contribution in [0.25, 0.3) is 0 Å². The largest absolute Gasteiger partial charge is 0.480 e. The Balaban J connectivity index is 2.16. The lowest BCUT2D eigenvalue weighted by Crippen LogP contribution is -2.56. The molecule has 2 heterocycles. The van der Waals surface area contributed by atoms with E-state index < -0.39 is 35.9 Å². The number of nitrogens with zero attached hydrogens (tertiary/aromatic N) is 2. The van der Waals surface area contributed by atoms with Crippen LogP contribution in [0.4, 0.5) is 0 Å². The first-order valence-corrected chi connectivity index (χ1v) is 8.91. The van der Waals surface area contributed by atoms with E-state index in [1.54, 1.807) is 6.20 Å². The number of hydrogen-bond donors (Lipinski definition) is 4. The summed E-state index contributed by atoms with van der Waals surface area (Å²) in [7, 11) is 0. The highest BCUT2D eigenvalue weighted by atomic mass is 16.4. The number of aromatic nitrogens is 2. The Morgan fingerprint density at radius 1 is 1.50 bits per heavy atom. The van der Waals surface area contributed by atoms with Gasteiger partial charge >= 0.3 is 5.97 Å². The molecule has 4 atom stereocenters. The van der Waals surface area contributed by atoms with Crippen LogP contribution >= 0.6 is 0 Å². The smallest absolute Gasteiger partial charge is 0.326 e. The van der Waals surface area contributed by atoms with E-state index in [1.807, 2.05) is 13.8 Å². The van der Waals surface area contributed by atoms with E-state index >= 15 is 0 Å². The normalized spacial score (nSPS) is 20.4. The SMILES string of the molecule is CCC(C)[C@H](N)C(=O)N[C@@H](Cc1cnc[nH]1)C(=O)N1CCC[C@@H]1C(=O)O. The second kappa shape index (κ2) is 8.79. The van der Waals surface area contributed by atoms with E-state index in [9.17, 15) is 19.5 Å². The average molecular weight is 365 g/mol. The lowest BCUT2D eigenvalue weighted by atomic mass is 9.98. The Morgan fingerprint density at radius 2 is 2.23 bits per heavy atom. The summed E-state index contributed by atoms with van der Waals surface area (Å²) in [4.78, 5) is 45.0. The Morgan fingerprint density at radius 3 is 2.81 bits per heavy atom. The van der Waals surface area contributed by atoms with Gasteiger partial charge in [0.05, 0.1) is 12.4 Å². The number of amides is 2. The van der Waals surface area contributed by atoms with Gasteiger partial charge in [-0.3, -0.25) is 9.59 Å². The summed E-state index contributed by atoms with van der Waals surface area (Å²) in [5.74, 6) is -1.88. The van der Waals surface area contributed by atoms with Gasteiger partial charge in [-0.25, -0.2) is 9.78 Å². The van der Waals surface area contributed by atoms with Crippen LogP contribution in [0, 0.1) is 5.92 Å².